The monoisotopic (exact) mass is 362 g/mol. The Morgan fingerprint density at radius 3 is 2.33 bits per heavy atom. The van der Waals surface area contributed by atoms with Gasteiger partial charge in [0.25, 0.3) is 0 Å². The topological polar surface area (TPSA) is 17.1 Å². The number of carbonyl (C=O) groups excluding carboxylic acids is 1. The van der Waals surface area contributed by atoms with E-state index in [0.29, 0.717) is 26.9 Å². The highest BCUT2D eigenvalue weighted by Crippen LogP contribution is 2.28. The molecule has 0 N–H and O–H groups in total. The van der Waals surface area contributed by atoms with E-state index >= 15 is 0 Å². The lowest BCUT2D eigenvalue weighted by molar-refractivity contribution is 0.104. The molecule has 0 amide bonds. The lowest BCUT2D eigenvalue weighted by Gasteiger charge is -2.08. The fourth-order valence-corrected chi connectivity index (χ4v) is 3.04. The van der Waals surface area contributed by atoms with E-state index in [-0.39, 0.29) is 11.6 Å². The number of hydrogen-bond acceptors (Lipinski definition) is 1. The summed E-state index contributed by atoms with van der Waals surface area (Å²) >= 11 is 9.44. The second-order valence-corrected chi connectivity index (χ2v) is 5.92. The zero-order valence-corrected chi connectivity index (χ0v) is 13.1. The maximum absolute atomic E-state index is 13.8. The molecule has 0 spiro atoms. The lowest BCUT2D eigenvalue weighted by atomic mass is 9.97. The van der Waals surface area contributed by atoms with E-state index in [1.807, 2.05) is 0 Å². The summed E-state index contributed by atoms with van der Waals surface area (Å²) in [6, 6.07) is 14.8. The maximum Gasteiger partial charge on any atom is 0.195 e. The van der Waals surface area contributed by atoms with E-state index in [9.17, 15) is 9.18 Å². The first-order valence-corrected chi connectivity index (χ1v) is 7.42. The zero-order chi connectivity index (χ0) is 15.0. The fraction of sp³-hybridized carbons (Fsp3) is 0. The van der Waals surface area contributed by atoms with E-state index in [1.54, 1.807) is 42.5 Å². The number of fused-ring (bicyclic) bond motifs is 1. The smallest absolute Gasteiger partial charge is 0.195 e. The van der Waals surface area contributed by atoms with Crippen molar-refractivity contribution in [2.75, 3.05) is 0 Å². The van der Waals surface area contributed by atoms with Crippen LogP contribution in [0.5, 0.6) is 0 Å². The predicted molar refractivity (Wildman–Crippen MR) is 86.5 cm³/mol. The normalized spacial score (nSPS) is 10.8. The van der Waals surface area contributed by atoms with Crippen LogP contribution in [0.2, 0.25) is 5.02 Å². The van der Waals surface area contributed by atoms with Crippen LogP contribution in [-0.4, -0.2) is 5.78 Å². The minimum atomic E-state index is -0.343. The van der Waals surface area contributed by atoms with Crippen LogP contribution >= 0.6 is 27.5 Å². The van der Waals surface area contributed by atoms with Crippen LogP contribution in [0.4, 0.5) is 4.39 Å². The third kappa shape index (κ3) is 2.59. The summed E-state index contributed by atoms with van der Waals surface area (Å²) in [6.45, 7) is 0. The highest BCUT2D eigenvalue weighted by molar-refractivity contribution is 9.10. The Hall–Kier alpha value is -1.71. The predicted octanol–water partition coefficient (Wildman–Crippen LogP) is 5.63. The van der Waals surface area contributed by atoms with Crippen molar-refractivity contribution in [3.8, 4) is 0 Å². The van der Waals surface area contributed by atoms with Crippen molar-refractivity contribution in [3.63, 3.8) is 0 Å². The fourth-order valence-electron chi connectivity index (χ4n) is 2.28. The number of ketones is 1. The summed E-state index contributed by atoms with van der Waals surface area (Å²) in [5, 5.41) is 1.38. The molecular formula is C17H9BrClFO. The van der Waals surface area contributed by atoms with Crippen molar-refractivity contribution in [3.05, 3.63) is 81.0 Å². The molecule has 1 nitrogen and oxygen atoms in total. The van der Waals surface area contributed by atoms with Crippen molar-refractivity contribution in [2.24, 2.45) is 0 Å². The van der Waals surface area contributed by atoms with Crippen LogP contribution < -0.4 is 0 Å². The van der Waals surface area contributed by atoms with Gasteiger partial charge in [0.15, 0.2) is 5.78 Å². The summed E-state index contributed by atoms with van der Waals surface area (Å²) in [7, 11) is 0. The summed E-state index contributed by atoms with van der Waals surface area (Å²) in [6.07, 6.45) is 0. The van der Waals surface area contributed by atoms with Crippen molar-refractivity contribution in [1.29, 1.82) is 0 Å². The molecule has 0 bridgehead atoms. The molecule has 0 atom stereocenters. The Morgan fingerprint density at radius 2 is 1.62 bits per heavy atom. The summed E-state index contributed by atoms with van der Waals surface area (Å²) < 4.78 is 14.6. The molecule has 0 aliphatic rings. The minimum absolute atomic E-state index is 0.219. The number of halogens is 3. The largest absolute Gasteiger partial charge is 0.289 e. The number of benzene rings is 3. The van der Waals surface area contributed by atoms with Crippen LogP contribution in [0.15, 0.2) is 59.1 Å². The van der Waals surface area contributed by atoms with E-state index in [2.05, 4.69) is 15.9 Å². The van der Waals surface area contributed by atoms with Gasteiger partial charge >= 0.3 is 0 Å². The molecule has 0 aliphatic heterocycles. The molecule has 0 aromatic heterocycles. The Balaban J connectivity index is 2.21. The van der Waals surface area contributed by atoms with E-state index in [0.717, 1.165) is 4.47 Å². The molecule has 21 heavy (non-hydrogen) atoms. The maximum atomic E-state index is 13.8. The molecule has 3 aromatic carbocycles. The zero-order valence-electron chi connectivity index (χ0n) is 10.7. The van der Waals surface area contributed by atoms with Gasteiger partial charge in [0.05, 0.1) is 5.02 Å². The van der Waals surface area contributed by atoms with Gasteiger partial charge in [-0.1, -0.05) is 51.8 Å². The first-order valence-electron chi connectivity index (χ1n) is 6.25. The van der Waals surface area contributed by atoms with Crippen molar-refractivity contribution in [2.45, 2.75) is 0 Å². The number of rotatable bonds is 2. The highest BCUT2D eigenvalue weighted by Gasteiger charge is 2.16. The van der Waals surface area contributed by atoms with Crippen molar-refractivity contribution in [1.82, 2.24) is 0 Å². The molecule has 0 saturated heterocycles. The molecule has 0 unspecified atom stereocenters. The minimum Gasteiger partial charge on any atom is -0.289 e. The van der Waals surface area contributed by atoms with Gasteiger partial charge in [-0.05, 0) is 35.7 Å². The molecule has 0 radical (unpaired) electrons. The van der Waals surface area contributed by atoms with Crippen molar-refractivity contribution >= 4 is 44.1 Å². The second-order valence-electron chi connectivity index (χ2n) is 4.59. The van der Waals surface area contributed by atoms with Gasteiger partial charge in [-0.3, -0.25) is 4.79 Å². The summed E-state index contributed by atoms with van der Waals surface area (Å²) in [5.41, 5.74) is 0.841. The average molecular weight is 364 g/mol. The van der Waals surface area contributed by atoms with Crippen molar-refractivity contribution < 1.29 is 9.18 Å². The Kier molecular flexibility index (Phi) is 3.79. The second kappa shape index (κ2) is 5.58. The lowest BCUT2D eigenvalue weighted by Crippen LogP contribution is -2.03. The summed E-state index contributed by atoms with van der Waals surface area (Å²) in [5.74, 6) is -0.562. The number of hydrogen-bond donors (Lipinski definition) is 0. The van der Waals surface area contributed by atoms with Crippen LogP contribution in [0.3, 0.4) is 0 Å². The quantitative estimate of drug-likeness (QED) is 0.540. The Morgan fingerprint density at radius 1 is 0.952 bits per heavy atom. The molecular weight excluding hydrogens is 355 g/mol. The van der Waals surface area contributed by atoms with Crippen LogP contribution in [-0.2, 0) is 0 Å². The Labute approximate surface area is 134 Å². The van der Waals surface area contributed by atoms with Gasteiger partial charge in [0.2, 0.25) is 0 Å². The molecule has 104 valence electrons. The van der Waals surface area contributed by atoms with Gasteiger partial charge in [0.1, 0.15) is 5.82 Å². The molecule has 0 saturated carbocycles. The summed E-state index contributed by atoms with van der Waals surface area (Å²) in [4.78, 5) is 12.7. The van der Waals surface area contributed by atoms with E-state index in [4.69, 9.17) is 11.6 Å². The molecule has 0 aliphatic carbocycles. The van der Waals surface area contributed by atoms with Crippen LogP contribution in [0.25, 0.3) is 10.8 Å². The first kappa shape index (κ1) is 14.2. The molecule has 0 heterocycles. The van der Waals surface area contributed by atoms with Gasteiger partial charge in [-0.2, -0.15) is 0 Å². The standard InChI is InChI=1S/C17H9BrClFO/c18-10-5-6-14(15(19)9-10)17(21)13-7-8-16(20)12-4-2-1-3-11(12)13/h1-9H. The molecule has 4 heteroatoms. The third-order valence-electron chi connectivity index (χ3n) is 3.29. The van der Waals surface area contributed by atoms with Gasteiger partial charge < -0.3 is 0 Å². The van der Waals surface area contributed by atoms with Crippen LogP contribution in [0, 0.1) is 5.82 Å². The van der Waals surface area contributed by atoms with Gasteiger partial charge in [-0.25, -0.2) is 4.39 Å². The SMILES string of the molecule is O=C(c1ccc(Br)cc1Cl)c1ccc(F)c2ccccc12. The van der Waals surface area contributed by atoms with Gasteiger partial charge in [0, 0.05) is 21.0 Å². The van der Waals surface area contributed by atoms with E-state index in [1.165, 1.54) is 12.1 Å². The number of carbonyl (C=O) groups is 1. The molecule has 3 rings (SSSR count). The molecule has 3 aromatic rings. The Bertz CT molecular complexity index is 861. The van der Waals surface area contributed by atoms with Gasteiger partial charge in [-0.15, -0.1) is 0 Å². The van der Waals surface area contributed by atoms with E-state index < -0.39 is 0 Å². The molecule has 0 fully saturated rings. The highest BCUT2D eigenvalue weighted by atomic mass is 79.9. The third-order valence-corrected chi connectivity index (χ3v) is 4.10. The average Bonchev–Trinajstić information content (AvgIpc) is 2.47. The first-order chi connectivity index (χ1) is 10.1. The van der Waals surface area contributed by atoms with Crippen LogP contribution in [0.1, 0.15) is 15.9 Å².